The van der Waals surface area contributed by atoms with Crippen LogP contribution < -0.4 is 10.6 Å². The van der Waals surface area contributed by atoms with Crippen LogP contribution in [0.1, 0.15) is 18.3 Å². The standard InChI is InChI=1S/C10H16N4O2/c1-6(15)3-12-10(16)8-2-7-9(4-11-8)14-5-13-7/h5-6,8,11,15H,2-4H2,1H3,(H,12,16)(H,13,14)/t6-,8?/m0/s1. The summed E-state index contributed by atoms with van der Waals surface area (Å²) in [5, 5.41) is 14.9. The van der Waals surface area contributed by atoms with E-state index in [0.29, 0.717) is 13.0 Å². The highest BCUT2D eigenvalue weighted by atomic mass is 16.3. The van der Waals surface area contributed by atoms with Gasteiger partial charge in [0.25, 0.3) is 0 Å². The average Bonchev–Trinajstić information content (AvgIpc) is 2.72. The van der Waals surface area contributed by atoms with Gasteiger partial charge < -0.3 is 15.4 Å². The van der Waals surface area contributed by atoms with E-state index in [0.717, 1.165) is 11.4 Å². The van der Waals surface area contributed by atoms with Crippen LogP contribution in [0.4, 0.5) is 0 Å². The monoisotopic (exact) mass is 224 g/mol. The van der Waals surface area contributed by atoms with Crippen LogP contribution in [-0.4, -0.2) is 39.7 Å². The lowest BCUT2D eigenvalue weighted by Gasteiger charge is -2.22. The summed E-state index contributed by atoms with van der Waals surface area (Å²) in [5.41, 5.74) is 1.98. The molecule has 1 amide bonds. The van der Waals surface area contributed by atoms with Crippen molar-refractivity contribution in [3.8, 4) is 0 Å². The van der Waals surface area contributed by atoms with Crippen molar-refractivity contribution in [1.29, 1.82) is 0 Å². The van der Waals surface area contributed by atoms with Gasteiger partial charge in [0, 0.05) is 19.5 Å². The van der Waals surface area contributed by atoms with Gasteiger partial charge in [0.05, 0.1) is 29.9 Å². The van der Waals surface area contributed by atoms with Gasteiger partial charge in [0.15, 0.2) is 0 Å². The molecule has 0 saturated heterocycles. The SMILES string of the molecule is C[C@H](O)CNC(=O)C1Cc2nc[nH]c2CN1. The first-order chi connectivity index (χ1) is 7.66. The van der Waals surface area contributed by atoms with Crippen LogP contribution >= 0.6 is 0 Å². The number of H-pyrrole nitrogens is 1. The summed E-state index contributed by atoms with van der Waals surface area (Å²) in [6.45, 7) is 2.55. The topological polar surface area (TPSA) is 90.0 Å². The summed E-state index contributed by atoms with van der Waals surface area (Å²) in [5.74, 6) is -0.0884. The lowest BCUT2D eigenvalue weighted by Crippen LogP contribution is -2.49. The molecule has 0 fully saturated rings. The quantitative estimate of drug-likeness (QED) is 0.526. The van der Waals surface area contributed by atoms with Crippen LogP contribution in [0.5, 0.6) is 0 Å². The average molecular weight is 224 g/mol. The highest BCUT2D eigenvalue weighted by Crippen LogP contribution is 2.11. The molecule has 2 rings (SSSR count). The van der Waals surface area contributed by atoms with Crippen LogP contribution in [-0.2, 0) is 17.8 Å². The molecular formula is C10H16N4O2. The molecule has 0 saturated carbocycles. The van der Waals surface area contributed by atoms with Gasteiger partial charge in [-0.25, -0.2) is 4.98 Å². The molecule has 0 bridgehead atoms. The predicted molar refractivity (Wildman–Crippen MR) is 57.6 cm³/mol. The van der Waals surface area contributed by atoms with Gasteiger partial charge in [-0.15, -0.1) is 0 Å². The van der Waals surface area contributed by atoms with Crippen molar-refractivity contribution in [2.24, 2.45) is 0 Å². The normalized spacial score (nSPS) is 21.2. The van der Waals surface area contributed by atoms with Crippen LogP contribution in [0, 0.1) is 0 Å². The second kappa shape index (κ2) is 4.63. The third-order valence-electron chi connectivity index (χ3n) is 2.62. The number of fused-ring (bicyclic) bond motifs is 1. The Bertz CT molecular complexity index is 375. The van der Waals surface area contributed by atoms with E-state index >= 15 is 0 Å². The number of hydrogen-bond donors (Lipinski definition) is 4. The number of aliphatic hydroxyl groups is 1. The Morgan fingerprint density at radius 2 is 2.62 bits per heavy atom. The third-order valence-corrected chi connectivity index (χ3v) is 2.62. The second-order valence-electron chi connectivity index (χ2n) is 4.06. The first-order valence-corrected chi connectivity index (χ1v) is 5.37. The number of imidazole rings is 1. The number of aromatic amines is 1. The molecule has 1 aliphatic heterocycles. The minimum absolute atomic E-state index is 0.0884. The molecule has 16 heavy (non-hydrogen) atoms. The van der Waals surface area contributed by atoms with Crippen molar-refractivity contribution in [3.05, 3.63) is 17.7 Å². The third kappa shape index (κ3) is 2.40. The smallest absolute Gasteiger partial charge is 0.237 e. The Morgan fingerprint density at radius 1 is 1.81 bits per heavy atom. The van der Waals surface area contributed by atoms with Gasteiger partial charge >= 0.3 is 0 Å². The molecule has 6 heteroatoms. The summed E-state index contributed by atoms with van der Waals surface area (Å²) < 4.78 is 0. The molecule has 2 heterocycles. The zero-order chi connectivity index (χ0) is 11.5. The molecule has 0 aliphatic carbocycles. The van der Waals surface area contributed by atoms with Crippen LogP contribution in [0.25, 0.3) is 0 Å². The number of amides is 1. The van der Waals surface area contributed by atoms with Crippen molar-refractivity contribution in [2.45, 2.75) is 32.0 Å². The van der Waals surface area contributed by atoms with Crippen molar-refractivity contribution in [1.82, 2.24) is 20.6 Å². The number of nitrogens with zero attached hydrogens (tertiary/aromatic N) is 1. The van der Waals surface area contributed by atoms with Gasteiger partial charge in [0.1, 0.15) is 0 Å². The molecule has 1 unspecified atom stereocenters. The Kier molecular flexibility index (Phi) is 3.21. The number of rotatable bonds is 3. The van der Waals surface area contributed by atoms with E-state index < -0.39 is 6.10 Å². The number of aliphatic hydroxyl groups excluding tert-OH is 1. The molecule has 0 aromatic carbocycles. The summed E-state index contributed by atoms with van der Waals surface area (Å²) in [4.78, 5) is 18.9. The van der Waals surface area contributed by atoms with Crippen molar-refractivity contribution >= 4 is 5.91 Å². The predicted octanol–water partition coefficient (Wildman–Crippen LogP) is -1.08. The minimum atomic E-state index is -0.520. The molecule has 1 aromatic rings. The van der Waals surface area contributed by atoms with E-state index in [4.69, 9.17) is 5.11 Å². The fraction of sp³-hybridized carbons (Fsp3) is 0.600. The number of aromatic nitrogens is 2. The summed E-state index contributed by atoms with van der Waals surface area (Å²) >= 11 is 0. The number of carbonyl (C=O) groups is 1. The van der Waals surface area contributed by atoms with Crippen LogP contribution in [0.3, 0.4) is 0 Å². The van der Waals surface area contributed by atoms with Gasteiger partial charge in [-0.3, -0.25) is 10.1 Å². The van der Waals surface area contributed by atoms with E-state index in [1.54, 1.807) is 13.3 Å². The zero-order valence-corrected chi connectivity index (χ0v) is 9.16. The highest BCUT2D eigenvalue weighted by Gasteiger charge is 2.25. The number of nitrogens with one attached hydrogen (secondary N) is 3. The Balaban J connectivity index is 1.90. The van der Waals surface area contributed by atoms with Crippen LogP contribution in [0.2, 0.25) is 0 Å². The Labute approximate surface area is 93.5 Å². The lowest BCUT2D eigenvalue weighted by molar-refractivity contribution is -0.123. The Morgan fingerprint density at radius 3 is 3.38 bits per heavy atom. The van der Waals surface area contributed by atoms with E-state index in [-0.39, 0.29) is 18.5 Å². The molecular weight excluding hydrogens is 208 g/mol. The number of hydrogen-bond acceptors (Lipinski definition) is 4. The molecule has 88 valence electrons. The maximum atomic E-state index is 11.7. The molecule has 1 aromatic heterocycles. The first-order valence-electron chi connectivity index (χ1n) is 5.37. The zero-order valence-electron chi connectivity index (χ0n) is 9.16. The first kappa shape index (κ1) is 11.1. The summed E-state index contributed by atoms with van der Waals surface area (Å²) in [7, 11) is 0. The summed E-state index contributed by atoms with van der Waals surface area (Å²) in [6.07, 6.45) is 1.71. The summed E-state index contributed by atoms with van der Waals surface area (Å²) in [6, 6.07) is -0.255. The minimum Gasteiger partial charge on any atom is -0.392 e. The largest absolute Gasteiger partial charge is 0.392 e. The van der Waals surface area contributed by atoms with Crippen molar-refractivity contribution in [2.75, 3.05) is 6.54 Å². The van der Waals surface area contributed by atoms with Gasteiger partial charge in [-0.1, -0.05) is 0 Å². The van der Waals surface area contributed by atoms with Gasteiger partial charge in [0.2, 0.25) is 5.91 Å². The van der Waals surface area contributed by atoms with E-state index in [2.05, 4.69) is 20.6 Å². The molecule has 4 N–H and O–H groups in total. The fourth-order valence-corrected chi connectivity index (χ4v) is 1.73. The maximum Gasteiger partial charge on any atom is 0.237 e. The highest BCUT2D eigenvalue weighted by molar-refractivity contribution is 5.82. The molecule has 1 aliphatic rings. The Hall–Kier alpha value is -1.40. The van der Waals surface area contributed by atoms with Crippen molar-refractivity contribution < 1.29 is 9.90 Å². The molecule has 2 atom stereocenters. The molecule has 0 radical (unpaired) electrons. The molecule has 0 spiro atoms. The molecule has 6 nitrogen and oxygen atoms in total. The number of carbonyl (C=O) groups excluding carboxylic acids is 1. The van der Waals surface area contributed by atoms with E-state index in [9.17, 15) is 4.79 Å². The van der Waals surface area contributed by atoms with E-state index in [1.807, 2.05) is 0 Å². The fourth-order valence-electron chi connectivity index (χ4n) is 1.73. The lowest BCUT2D eigenvalue weighted by atomic mass is 10.0. The van der Waals surface area contributed by atoms with E-state index in [1.165, 1.54) is 0 Å². The van der Waals surface area contributed by atoms with Gasteiger partial charge in [-0.05, 0) is 6.92 Å². The van der Waals surface area contributed by atoms with Crippen molar-refractivity contribution in [3.63, 3.8) is 0 Å². The van der Waals surface area contributed by atoms with Gasteiger partial charge in [-0.2, -0.15) is 0 Å². The maximum absolute atomic E-state index is 11.7. The second-order valence-corrected chi connectivity index (χ2v) is 4.06. The van der Waals surface area contributed by atoms with Crippen LogP contribution in [0.15, 0.2) is 6.33 Å².